The third kappa shape index (κ3) is 4.39. The zero-order valence-electron chi connectivity index (χ0n) is 8.78. The van der Waals surface area contributed by atoms with Gasteiger partial charge in [-0.15, -0.1) is 0 Å². The van der Waals surface area contributed by atoms with Gasteiger partial charge in [-0.05, 0) is 12.8 Å². The normalized spacial score (nSPS) is 21.3. The van der Waals surface area contributed by atoms with Crippen molar-refractivity contribution < 1.29 is 17.5 Å². The molecule has 14 heavy (non-hydrogen) atoms. The molecule has 1 saturated heterocycles. The van der Waals surface area contributed by atoms with Crippen LogP contribution in [0.15, 0.2) is 0 Å². The van der Waals surface area contributed by atoms with Crippen LogP contribution in [-0.2, 0) is 10.1 Å². The molecule has 1 N–H and O–H groups in total. The summed E-state index contributed by atoms with van der Waals surface area (Å²) in [7, 11) is -1.52. The van der Waals surface area contributed by atoms with E-state index in [0.717, 1.165) is 17.4 Å². The first kappa shape index (κ1) is 11.9. The van der Waals surface area contributed by atoms with E-state index in [9.17, 15) is 8.42 Å². The summed E-state index contributed by atoms with van der Waals surface area (Å²) >= 11 is 0. The van der Waals surface area contributed by atoms with Gasteiger partial charge in [-0.2, -0.15) is 8.42 Å². The van der Waals surface area contributed by atoms with Gasteiger partial charge in [0.05, 0.1) is 32.4 Å². The quantitative estimate of drug-likeness (QED) is 0.427. The molecule has 0 bridgehead atoms. The number of likely N-dealkylation sites (tertiary alicyclic amines) is 1. The Balaban J connectivity index is 2.15. The fourth-order valence-corrected chi connectivity index (χ4v) is 2.67. The molecule has 0 amide bonds. The molecular weight excluding hydrogens is 202 g/mol. The van der Waals surface area contributed by atoms with Crippen LogP contribution in [0.4, 0.5) is 0 Å². The maximum atomic E-state index is 10.5. The predicted molar refractivity (Wildman–Crippen MR) is 55.7 cm³/mol. The molecule has 0 aromatic heterocycles. The standard InChI is InChI=1S/C9H19NO3S/c1-10(6-2-3-7-10)8-4-5-9-14(11,12)13/h2-9H2,1H3/p+1. The second-order valence-electron chi connectivity index (χ2n) is 4.49. The molecule has 5 heteroatoms. The molecule has 84 valence electrons. The number of hydrogen-bond donors (Lipinski definition) is 1. The zero-order valence-corrected chi connectivity index (χ0v) is 9.59. The average molecular weight is 222 g/mol. The number of hydrogen-bond acceptors (Lipinski definition) is 2. The van der Waals surface area contributed by atoms with Crippen molar-refractivity contribution in [3.05, 3.63) is 0 Å². The Labute approximate surface area is 86.3 Å². The molecule has 4 nitrogen and oxygen atoms in total. The van der Waals surface area contributed by atoms with E-state index < -0.39 is 10.1 Å². The highest BCUT2D eigenvalue weighted by Crippen LogP contribution is 2.17. The van der Waals surface area contributed by atoms with E-state index in [1.165, 1.54) is 25.9 Å². The lowest BCUT2D eigenvalue weighted by Crippen LogP contribution is -2.41. The van der Waals surface area contributed by atoms with Gasteiger partial charge in [0.25, 0.3) is 10.1 Å². The molecule has 1 aliphatic heterocycles. The van der Waals surface area contributed by atoms with Crippen LogP contribution >= 0.6 is 0 Å². The summed E-state index contributed by atoms with van der Waals surface area (Å²) in [4.78, 5) is 0. The minimum Gasteiger partial charge on any atom is -0.326 e. The van der Waals surface area contributed by atoms with Gasteiger partial charge in [0, 0.05) is 12.8 Å². The number of rotatable bonds is 5. The lowest BCUT2D eigenvalue weighted by atomic mass is 10.3. The van der Waals surface area contributed by atoms with Gasteiger partial charge in [0.15, 0.2) is 0 Å². The van der Waals surface area contributed by atoms with Crippen molar-refractivity contribution in [2.75, 3.05) is 32.4 Å². The van der Waals surface area contributed by atoms with Crippen LogP contribution in [0.25, 0.3) is 0 Å². The topological polar surface area (TPSA) is 54.4 Å². The van der Waals surface area contributed by atoms with Crippen LogP contribution in [-0.4, -0.2) is 49.9 Å². The highest BCUT2D eigenvalue weighted by atomic mass is 32.2. The molecule has 1 rings (SSSR count). The van der Waals surface area contributed by atoms with E-state index in [2.05, 4.69) is 7.05 Å². The van der Waals surface area contributed by atoms with Crippen LogP contribution in [0.5, 0.6) is 0 Å². The minimum absolute atomic E-state index is 0.0903. The van der Waals surface area contributed by atoms with Gasteiger partial charge in [-0.25, -0.2) is 0 Å². The van der Waals surface area contributed by atoms with Crippen molar-refractivity contribution >= 4 is 10.1 Å². The summed E-state index contributed by atoms with van der Waals surface area (Å²) in [6, 6.07) is 0. The molecule has 0 aromatic carbocycles. The van der Waals surface area contributed by atoms with Gasteiger partial charge >= 0.3 is 0 Å². The zero-order chi connectivity index (χ0) is 10.7. The smallest absolute Gasteiger partial charge is 0.264 e. The van der Waals surface area contributed by atoms with Crippen molar-refractivity contribution in [2.45, 2.75) is 25.7 Å². The van der Waals surface area contributed by atoms with E-state index in [-0.39, 0.29) is 5.75 Å². The summed E-state index contributed by atoms with van der Waals surface area (Å²) in [6.45, 7) is 3.47. The Morgan fingerprint density at radius 2 is 1.79 bits per heavy atom. The Kier molecular flexibility index (Phi) is 3.92. The van der Waals surface area contributed by atoms with Gasteiger partial charge in [0.1, 0.15) is 0 Å². The lowest BCUT2D eigenvalue weighted by Gasteiger charge is -2.28. The Hall–Kier alpha value is -0.130. The van der Waals surface area contributed by atoms with Crippen LogP contribution in [0.2, 0.25) is 0 Å². The Bertz CT molecular complexity index is 268. The number of unbranched alkanes of at least 4 members (excludes halogenated alkanes) is 1. The first-order valence-electron chi connectivity index (χ1n) is 5.20. The van der Waals surface area contributed by atoms with Crippen LogP contribution in [0.1, 0.15) is 25.7 Å². The van der Waals surface area contributed by atoms with E-state index in [4.69, 9.17) is 4.55 Å². The highest BCUT2D eigenvalue weighted by molar-refractivity contribution is 7.85. The Morgan fingerprint density at radius 3 is 2.29 bits per heavy atom. The monoisotopic (exact) mass is 222 g/mol. The largest absolute Gasteiger partial charge is 0.326 e. The third-order valence-electron chi connectivity index (χ3n) is 3.00. The van der Waals surface area contributed by atoms with E-state index in [0.29, 0.717) is 6.42 Å². The third-order valence-corrected chi connectivity index (χ3v) is 3.80. The molecule has 1 heterocycles. The summed E-state index contributed by atoms with van der Waals surface area (Å²) in [5, 5.41) is 0. The van der Waals surface area contributed by atoms with Gasteiger partial charge in [0.2, 0.25) is 0 Å². The first-order valence-corrected chi connectivity index (χ1v) is 6.81. The van der Waals surface area contributed by atoms with E-state index in [1.807, 2.05) is 0 Å². The Morgan fingerprint density at radius 1 is 1.21 bits per heavy atom. The fourth-order valence-electron chi connectivity index (χ4n) is 2.10. The molecule has 0 aliphatic carbocycles. The van der Waals surface area contributed by atoms with Crippen molar-refractivity contribution in [1.29, 1.82) is 0 Å². The summed E-state index contributed by atoms with van der Waals surface area (Å²) in [6.07, 6.45) is 4.03. The van der Waals surface area contributed by atoms with E-state index in [1.54, 1.807) is 0 Å². The average Bonchev–Trinajstić information content (AvgIpc) is 2.45. The molecule has 0 saturated carbocycles. The predicted octanol–water partition coefficient (Wildman–Crippen LogP) is 0.895. The van der Waals surface area contributed by atoms with Crippen LogP contribution < -0.4 is 0 Å². The lowest BCUT2D eigenvalue weighted by molar-refractivity contribution is -0.897. The first-order chi connectivity index (χ1) is 6.41. The molecule has 1 aliphatic rings. The minimum atomic E-state index is -3.75. The van der Waals surface area contributed by atoms with Gasteiger partial charge < -0.3 is 4.48 Å². The molecule has 0 radical (unpaired) electrons. The summed E-state index contributed by atoms with van der Waals surface area (Å²) in [5.41, 5.74) is 0. The SMILES string of the molecule is C[N+]1(CCCCS(=O)(=O)O)CCCC1. The number of quaternary nitrogens is 1. The fraction of sp³-hybridized carbons (Fsp3) is 1.00. The molecule has 1 fully saturated rings. The van der Waals surface area contributed by atoms with Crippen molar-refractivity contribution in [3.8, 4) is 0 Å². The van der Waals surface area contributed by atoms with E-state index >= 15 is 0 Å². The molecule has 0 spiro atoms. The van der Waals surface area contributed by atoms with Gasteiger partial charge in [-0.3, -0.25) is 4.55 Å². The second-order valence-corrected chi connectivity index (χ2v) is 6.06. The van der Waals surface area contributed by atoms with Crippen LogP contribution in [0.3, 0.4) is 0 Å². The van der Waals surface area contributed by atoms with Crippen molar-refractivity contribution in [2.24, 2.45) is 0 Å². The molecule has 0 unspecified atom stereocenters. The van der Waals surface area contributed by atoms with Crippen LogP contribution in [0, 0.1) is 0 Å². The summed E-state index contributed by atoms with van der Waals surface area (Å²) in [5.74, 6) is -0.0903. The van der Waals surface area contributed by atoms with Crippen molar-refractivity contribution in [1.82, 2.24) is 0 Å². The van der Waals surface area contributed by atoms with Crippen molar-refractivity contribution in [3.63, 3.8) is 0 Å². The maximum Gasteiger partial charge on any atom is 0.264 e. The molecule has 0 atom stereocenters. The number of nitrogens with zero attached hydrogens (tertiary/aromatic N) is 1. The summed E-state index contributed by atoms with van der Waals surface area (Å²) < 4.78 is 30.5. The second kappa shape index (κ2) is 4.59. The molecular formula is C9H20NO3S+. The van der Waals surface area contributed by atoms with Gasteiger partial charge in [-0.1, -0.05) is 0 Å². The maximum absolute atomic E-state index is 10.5. The highest BCUT2D eigenvalue weighted by Gasteiger charge is 2.25. The molecule has 0 aromatic rings.